The first kappa shape index (κ1) is 18.2. The molecule has 1 N–H and O–H groups in total. The number of rotatable bonds is 5. The van der Waals surface area contributed by atoms with Gasteiger partial charge in [0.1, 0.15) is 5.76 Å². The highest BCUT2D eigenvalue weighted by atomic mass is 32.1. The maximum absolute atomic E-state index is 12.5. The van der Waals surface area contributed by atoms with Gasteiger partial charge in [-0.25, -0.2) is 4.98 Å². The predicted molar refractivity (Wildman–Crippen MR) is 106 cm³/mol. The fourth-order valence-electron chi connectivity index (χ4n) is 3.02. The van der Waals surface area contributed by atoms with Crippen molar-refractivity contribution in [2.75, 3.05) is 31.6 Å². The van der Waals surface area contributed by atoms with Crippen LogP contribution in [0, 0.1) is 0 Å². The molecular weight excluding hydrogens is 362 g/mol. The lowest BCUT2D eigenvalue weighted by atomic mass is 10.2. The molecule has 1 amide bonds. The molecule has 1 aliphatic heterocycles. The molecule has 0 bridgehead atoms. The van der Waals surface area contributed by atoms with Crippen molar-refractivity contribution >= 4 is 33.1 Å². The number of carbonyl (C=O) groups is 1. The molecule has 1 fully saturated rings. The van der Waals surface area contributed by atoms with E-state index in [1.807, 2.05) is 24.3 Å². The summed E-state index contributed by atoms with van der Waals surface area (Å²) in [5.74, 6) is 1.27. The molecule has 0 unspecified atom stereocenters. The van der Waals surface area contributed by atoms with E-state index in [2.05, 4.69) is 29.0 Å². The first-order valence-corrected chi connectivity index (χ1v) is 10.0. The second-order valence-electron chi connectivity index (χ2n) is 7.00. The number of morpholine rings is 1. The Morgan fingerprint density at radius 2 is 2.07 bits per heavy atom. The summed E-state index contributed by atoms with van der Waals surface area (Å²) < 4.78 is 12.2. The van der Waals surface area contributed by atoms with Gasteiger partial charge in [0, 0.05) is 24.7 Å². The molecule has 0 spiro atoms. The van der Waals surface area contributed by atoms with Crippen molar-refractivity contribution in [3.63, 3.8) is 0 Å². The normalized spacial score (nSPS) is 15.5. The average Bonchev–Trinajstić information content (AvgIpc) is 3.29. The Hall–Kier alpha value is -2.22. The summed E-state index contributed by atoms with van der Waals surface area (Å²) in [6.07, 6.45) is 0. The lowest BCUT2D eigenvalue weighted by Crippen LogP contribution is -2.35. The molecule has 1 saturated heterocycles. The fraction of sp³-hybridized carbons (Fsp3) is 0.400. The van der Waals surface area contributed by atoms with Crippen molar-refractivity contribution < 1.29 is 13.9 Å². The van der Waals surface area contributed by atoms with E-state index in [1.165, 1.54) is 0 Å². The van der Waals surface area contributed by atoms with Crippen LogP contribution in [0.15, 0.2) is 34.7 Å². The third kappa shape index (κ3) is 4.21. The van der Waals surface area contributed by atoms with Crippen LogP contribution in [0.1, 0.15) is 41.1 Å². The molecule has 7 heteroatoms. The van der Waals surface area contributed by atoms with Crippen LogP contribution in [0.5, 0.6) is 0 Å². The standard InChI is InChI=1S/C20H23N3O3S/c1-13(2)20-22-16-5-3-14(11-18(16)27-20)21-19(24)17-6-4-15(26-17)12-23-7-9-25-10-8-23/h3-6,11,13H,7-10,12H2,1-2H3,(H,21,24). The predicted octanol–water partition coefficient (Wildman–Crippen LogP) is 4.10. The van der Waals surface area contributed by atoms with Crippen LogP contribution in [0.4, 0.5) is 5.69 Å². The number of hydrogen-bond acceptors (Lipinski definition) is 6. The molecule has 27 heavy (non-hydrogen) atoms. The number of nitrogens with zero attached hydrogens (tertiary/aromatic N) is 2. The summed E-state index contributed by atoms with van der Waals surface area (Å²) in [4.78, 5) is 19.4. The second-order valence-corrected chi connectivity index (χ2v) is 8.06. The van der Waals surface area contributed by atoms with Crippen LogP contribution >= 0.6 is 11.3 Å². The Kier molecular flexibility index (Phi) is 5.24. The number of amides is 1. The summed E-state index contributed by atoms with van der Waals surface area (Å²) >= 11 is 1.66. The fourth-order valence-corrected chi connectivity index (χ4v) is 4.03. The molecule has 1 aromatic carbocycles. The molecule has 4 rings (SSSR count). The van der Waals surface area contributed by atoms with E-state index < -0.39 is 0 Å². The maximum Gasteiger partial charge on any atom is 0.291 e. The molecule has 1 aliphatic rings. The average molecular weight is 385 g/mol. The molecule has 3 heterocycles. The molecular formula is C20H23N3O3S. The number of benzene rings is 1. The van der Waals surface area contributed by atoms with E-state index >= 15 is 0 Å². The van der Waals surface area contributed by atoms with Gasteiger partial charge in [-0.2, -0.15) is 0 Å². The number of nitrogens with one attached hydrogen (secondary N) is 1. The largest absolute Gasteiger partial charge is 0.455 e. The topological polar surface area (TPSA) is 67.6 Å². The minimum Gasteiger partial charge on any atom is -0.455 e. The van der Waals surface area contributed by atoms with Crippen LogP contribution in [-0.2, 0) is 11.3 Å². The van der Waals surface area contributed by atoms with Gasteiger partial charge in [0.25, 0.3) is 5.91 Å². The highest BCUT2D eigenvalue weighted by Crippen LogP contribution is 2.29. The quantitative estimate of drug-likeness (QED) is 0.716. The molecule has 2 aromatic heterocycles. The van der Waals surface area contributed by atoms with Gasteiger partial charge in [-0.1, -0.05) is 13.8 Å². The van der Waals surface area contributed by atoms with Gasteiger partial charge in [-0.3, -0.25) is 9.69 Å². The monoisotopic (exact) mass is 385 g/mol. The zero-order valence-electron chi connectivity index (χ0n) is 15.5. The van der Waals surface area contributed by atoms with E-state index in [1.54, 1.807) is 17.4 Å². The van der Waals surface area contributed by atoms with Crippen molar-refractivity contribution in [2.45, 2.75) is 26.3 Å². The Balaban J connectivity index is 1.43. The molecule has 0 aliphatic carbocycles. The van der Waals surface area contributed by atoms with Gasteiger partial charge in [-0.15, -0.1) is 11.3 Å². The van der Waals surface area contributed by atoms with Gasteiger partial charge in [-0.05, 0) is 30.3 Å². The summed E-state index contributed by atoms with van der Waals surface area (Å²) in [7, 11) is 0. The zero-order valence-corrected chi connectivity index (χ0v) is 16.3. The van der Waals surface area contributed by atoms with Crippen LogP contribution in [0.2, 0.25) is 0 Å². The van der Waals surface area contributed by atoms with Gasteiger partial charge >= 0.3 is 0 Å². The van der Waals surface area contributed by atoms with Gasteiger partial charge in [0.2, 0.25) is 0 Å². The van der Waals surface area contributed by atoms with Crippen LogP contribution in [0.3, 0.4) is 0 Å². The third-order valence-corrected chi connectivity index (χ3v) is 5.84. The Morgan fingerprint density at radius 1 is 1.26 bits per heavy atom. The van der Waals surface area contributed by atoms with Crippen LogP contribution in [-0.4, -0.2) is 42.1 Å². The summed E-state index contributed by atoms with van der Waals surface area (Å²) in [6.45, 7) is 8.21. The molecule has 0 atom stereocenters. The van der Waals surface area contributed by atoms with Crippen LogP contribution in [0.25, 0.3) is 10.2 Å². The minimum absolute atomic E-state index is 0.240. The molecule has 6 nitrogen and oxygen atoms in total. The maximum atomic E-state index is 12.5. The third-order valence-electron chi connectivity index (χ3n) is 4.53. The Labute approximate surface area is 162 Å². The number of aromatic nitrogens is 1. The van der Waals surface area contributed by atoms with Crippen molar-refractivity contribution in [3.8, 4) is 0 Å². The van der Waals surface area contributed by atoms with E-state index in [4.69, 9.17) is 9.15 Å². The van der Waals surface area contributed by atoms with Gasteiger partial charge in [0.05, 0.1) is 35.0 Å². The lowest BCUT2D eigenvalue weighted by Gasteiger charge is -2.25. The van der Waals surface area contributed by atoms with Gasteiger partial charge in [0.15, 0.2) is 5.76 Å². The number of carbonyl (C=O) groups excluding carboxylic acids is 1. The Morgan fingerprint density at radius 3 is 2.85 bits per heavy atom. The smallest absolute Gasteiger partial charge is 0.291 e. The highest BCUT2D eigenvalue weighted by Gasteiger charge is 2.16. The number of thiazole rings is 1. The molecule has 3 aromatic rings. The number of furan rings is 1. The van der Waals surface area contributed by atoms with Crippen molar-refractivity contribution in [1.82, 2.24) is 9.88 Å². The van der Waals surface area contributed by atoms with E-state index in [-0.39, 0.29) is 5.91 Å². The van der Waals surface area contributed by atoms with E-state index in [9.17, 15) is 4.79 Å². The summed E-state index contributed by atoms with van der Waals surface area (Å²) in [5.41, 5.74) is 1.71. The zero-order chi connectivity index (χ0) is 18.8. The first-order valence-electron chi connectivity index (χ1n) is 9.19. The second kappa shape index (κ2) is 7.80. The van der Waals surface area contributed by atoms with Gasteiger partial charge < -0.3 is 14.5 Å². The number of hydrogen-bond donors (Lipinski definition) is 1. The van der Waals surface area contributed by atoms with E-state index in [0.29, 0.717) is 18.2 Å². The molecule has 142 valence electrons. The van der Waals surface area contributed by atoms with Crippen molar-refractivity contribution in [1.29, 1.82) is 0 Å². The van der Waals surface area contributed by atoms with Crippen LogP contribution < -0.4 is 5.32 Å². The molecule has 0 saturated carbocycles. The highest BCUT2D eigenvalue weighted by molar-refractivity contribution is 7.18. The number of anilines is 1. The summed E-state index contributed by atoms with van der Waals surface area (Å²) in [6, 6.07) is 9.38. The number of fused-ring (bicyclic) bond motifs is 1. The summed E-state index contributed by atoms with van der Waals surface area (Å²) in [5, 5.41) is 4.02. The minimum atomic E-state index is -0.240. The first-order chi connectivity index (χ1) is 13.1. The number of ether oxygens (including phenoxy) is 1. The SMILES string of the molecule is CC(C)c1nc2ccc(NC(=O)c3ccc(CN4CCOCC4)o3)cc2s1. The Bertz CT molecular complexity index is 941. The van der Waals surface area contributed by atoms with Crippen molar-refractivity contribution in [3.05, 3.63) is 46.9 Å². The molecule has 0 radical (unpaired) electrons. The lowest BCUT2D eigenvalue weighted by molar-refractivity contribution is 0.0312. The van der Waals surface area contributed by atoms with Crippen molar-refractivity contribution in [2.24, 2.45) is 0 Å². The van der Waals surface area contributed by atoms with E-state index in [0.717, 1.165) is 53.0 Å².